The molecule has 4 aliphatic rings. The van der Waals surface area contributed by atoms with E-state index in [2.05, 4.69) is 102 Å². The first-order valence-electron chi connectivity index (χ1n) is 32.3. The third kappa shape index (κ3) is 28.0. The largest absolute Gasteiger partial charge is 0.490 e. The number of hydrogen-bond donors (Lipinski definition) is 27. The van der Waals surface area contributed by atoms with Gasteiger partial charge in [0.25, 0.3) is 0 Å². The first kappa shape index (κ1) is 103. The number of halogens is 1. The van der Waals surface area contributed by atoms with E-state index in [9.17, 15) is 109 Å². The van der Waals surface area contributed by atoms with Gasteiger partial charge in [-0.25, -0.2) is 99.0 Å². The molecule has 70 nitrogen and oxygen atoms in total. The molecule has 23 unspecified atom stereocenters. The lowest BCUT2D eigenvalue weighted by atomic mass is 10.1. The van der Waals surface area contributed by atoms with Gasteiger partial charge < -0.3 is 160 Å². The Balaban J connectivity index is 0.000000189. The lowest BCUT2D eigenvalue weighted by molar-refractivity contribution is -0.0503. The van der Waals surface area contributed by atoms with Crippen LogP contribution in [0.15, 0.2) is 50.2 Å². The molecular weight excluding hydrogens is 1980 g/mol. The number of hydrogen-bond acceptors (Lipinski definition) is 49. The third-order valence-corrected chi connectivity index (χ3v) is 30.9. The fraction of sp³-hybridized carbons (Fsp3) is 0.500. The molecule has 0 radical (unpaired) electrons. The van der Waals surface area contributed by atoms with Crippen molar-refractivity contribution in [3.63, 3.8) is 0 Å². The van der Waals surface area contributed by atoms with E-state index in [4.69, 9.17) is 106 Å². The van der Waals surface area contributed by atoms with Gasteiger partial charge >= 0.3 is 93.9 Å². The topological polar surface area (TPSA) is 1080 Å². The molecule has 0 amide bonds. The van der Waals surface area contributed by atoms with Gasteiger partial charge in [0.1, 0.15) is 102 Å². The quantitative estimate of drug-likeness (QED) is 0.0177. The van der Waals surface area contributed by atoms with Crippen LogP contribution in [-0.2, 0) is 133 Å². The summed E-state index contributed by atoms with van der Waals surface area (Å²) in [7, 11) is -65.1. The molecule has 8 aromatic heterocycles. The van der Waals surface area contributed by atoms with Crippen LogP contribution < -0.4 is 28.4 Å². The van der Waals surface area contributed by atoms with Crippen LogP contribution in [0.1, 0.15) is 31.3 Å². The van der Waals surface area contributed by atoms with Crippen molar-refractivity contribution in [3.8, 4) is 0 Å². The maximum atomic E-state index is 14.6. The number of nitrogens with one attached hydrogen (secondary N) is 1. The van der Waals surface area contributed by atoms with Crippen molar-refractivity contribution < 1.29 is 240 Å². The number of ether oxygens (including phenoxy) is 4. The fourth-order valence-electron chi connectivity index (χ4n) is 10.8. The zero-order chi connectivity index (χ0) is 93.6. The highest BCUT2D eigenvalue weighted by Gasteiger charge is 2.52. The van der Waals surface area contributed by atoms with Crippen molar-refractivity contribution in [1.29, 1.82) is 5.41 Å². The van der Waals surface area contributed by atoms with Gasteiger partial charge in [0.2, 0.25) is 5.95 Å². The number of aliphatic hydroxyl groups excluding tert-OH is 6. The van der Waals surface area contributed by atoms with E-state index >= 15 is 0 Å². The zero-order valence-electron chi connectivity index (χ0n) is 60.8. The number of aryl methyl sites for hydroxylation is 1. The molecule has 31 N–H and O–H groups in total. The van der Waals surface area contributed by atoms with Gasteiger partial charge in [-0.1, -0.05) is 0 Å². The van der Waals surface area contributed by atoms with Crippen LogP contribution in [-0.4, -0.2) is 275 Å². The van der Waals surface area contributed by atoms with Gasteiger partial charge in [0.05, 0.1) is 63.2 Å². The summed E-state index contributed by atoms with van der Waals surface area (Å²) in [5.41, 5.74) is 23.8. The minimum Gasteiger partial charge on any atom is -0.390 e. The SMILES string of the molecule is Cn1cnc2c(ncn2C2OC(COP(=O)(O)OP(=O)(O)OP(=O)(O)O)C(O)C2O)c1=N.Nc1nc(N)c2ncn(C3CC(O)C(COP(=O)(O)OP(=O)(O)OP(=O)(O)O)O3)c2n1.Nc1ncnc2c1ccn2C1OC(COP(=O)(O)OP(=O)(O)OP(=O)(O)O)C(O)C1O.Nc1ncnc2c1ncn2C1OC(COP(=O)(O)OP(=O)(O)OP(=O)(O)O)C(O)C1F. The summed E-state index contributed by atoms with van der Waals surface area (Å²) in [6.45, 7) is -3.75. The summed E-state index contributed by atoms with van der Waals surface area (Å²) < 4.78 is 224. The Bertz CT molecular complexity index is 5780. The Morgan fingerprint density at radius 1 is 0.400 bits per heavy atom. The predicted molar refractivity (Wildman–Crippen MR) is 389 cm³/mol. The molecule has 0 bridgehead atoms. The Morgan fingerprint density at radius 3 is 1.22 bits per heavy atom. The number of nitrogens with zero attached hydrogens (tertiary/aromatic N) is 15. The number of rotatable bonds is 32. The van der Waals surface area contributed by atoms with Crippen LogP contribution in [0.2, 0.25) is 0 Å². The number of imidazole rings is 3. The van der Waals surface area contributed by atoms with E-state index in [-0.39, 0.29) is 74.4 Å². The van der Waals surface area contributed by atoms with Gasteiger partial charge in [-0.15, -0.1) is 0 Å². The number of phosphoric acid groups is 12. The average Bonchev–Trinajstić information content (AvgIpc) is 1.61. The minimum absolute atomic E-state index is 0.00177. The number of fused-ring (bicyclic) bond motifs is 4. The monoisotopic (exact) mass is 2040 g/mol. The number of nitrogens with two attached hydrogens (primary N) is 4. The molecule has 0 aliphatic carbocycles. The summed E-state index contributed by atoms with van der Waals surface area (Å²) in [6.07, 6.45) is -13.7. The smallest absolute Gasteiger partial charge is 0.390 e. The molecule has 23 atom stereocenters. The van der Waals surface area contributed by atoms with Gasteiger partial charge in [0, 0.05) is 19.7 Å². The predicted octanol–water partition coefficient (Wildman–Crippen LogP) is -4.48. The van der Waals surface area contributed by atoms with E-state index in [0.717, 1.165) is 17.2 Å². The van der Waals surface area contributed by atoms with Crippen LogP contribution in [0.4, 0.5) is 27.8 Å². The van der Waals surface area contributed by atoms with Crippen LogP contribution in [0, 0.1) is 5.41 Å². The van der Waals surface area contributed by atoms with Crippen molar-refractivity contribution in [1.82, 2.24) is 72.7 Å². The van der Waals surface area contributed by atoms with Crippen molar-refractivity contribution >= 4 is 162 Å². The van der Waals surface area contributed by atoms with Crippen molar-refractivity contribution in [2.75, 3.05) is 49.4 Å². The van der Waals surface area contributed by atoms with E-state index in [1.165, 1.54) is 55.8 Å². The van der Waals surface area contributed by atoms with Crippen molar-refractivity contribution in [2.24, 2.45) is 7.05 Å². The minimum atomic E-state index is -5.73. The highest BCUT2D eigenvalue weighted by atomic mass is 31.3. The molecule has 4 saturated heterocycles. The molecule has 4 aliphatic heterocycles. The van der Waals surface area contributed by atoms with E-state index in [0.29, 0.717) is 5.39 Å². The third-order valence-electron chi connectivity index (χ3n) is 15.7. The number of aromatic nitrogens is 15. The lowest BCUT2D eigenvalue weighted by Crippen LogP contribution is -2.33. The molecule has 83 heteroatoms. The van der Waals surface area contributed by atoms with Gasteiger partial charge in [0.15, 0.2) is 58.9 Å². The number of aliphatic hydroxyl groups is 6. The lowest BCUT2D eigenvalue weighted by Gasteiger charge is -2.19. The van der Waals surface area contributed by atoms with E-state index < -0.39 is 212 Å². The molecule has 4 fully saturated rings. The summed E-state index contributed by atoms with van der Waals surface area (Å²) in [6, 6.07) is 1.53. The zero-order valence-corrected chi connectivity index (χ0v) is 71.6. The first-order valence-corrected chi connectivity index (χ1v) is 50.4. The number of anilines is 4. The molecular formula is C42H67FN20O50P12. The number of alkyl halides is 1. The fourth-order valence-corrected chi connectivity index (χ4v) is 22.9. The molecule has 0 spiro atoms. The molecule has 8 aromatic rings. The van der Waals surface area contributed by atoms with Crippen molar-refractivity contribution in [2.45, 2.75) is 98.5 Å². The molecule has 12 rings (SSSR count). The average molecular weight is 2040 g/mol. The van der Waals surface area contributed by atoms with Gasteiger partial charge in [-0.2, -0.15) is 44.5 Å². The molecule has 0 saturated carbocycles. The second-order valence-corrected chi connectivity index (χ2v) is 42.4. The van der Waals surface area contributed by atoms with E-state index in [1.54, 1.807) is 7.05 Å². The standard InChI is InChI=1S/C11H18N5O13P3.C11H17N4O13P3.C10H15FN5O12P3.C10H17N6O12P3/c1-15-3-14-10-6(9(15)12)13-4-16(10)11-8(18)7(17)5(27-11)2-26-31(22,23)29-32(24,25)28-30(19,20)21;12-9-5-1-2-15(10(5)14-4-13-9)11-8(17)7(16)6(26-11)3-25-30(21,22)28-31(23,24)27-29(18,19)20;11-5-7(17)4(1-25-30(21,22)28-31(23,24)27-29(18,19)20)26-10(5)16-3-15-6-8(12)13-2-14-9(6)16;11-8-7-9(15-10(12)14-8)16(3-13-7)6-1-4(17)5(26-6)2-25-30(21,22)28-31(23,24)27-29(18,19)20/h3-5,7-8,11-12,17-18H,2H2,1H3,(H,22,23)(H,24,25)(H2,19,20,21);1-2,4,6-8,11,16-17H,3H2,(H,21,22)(H,23,24)(H2,12,13,14)(H2,18,19,20);2-5,7,10,17H,1H2,(H,21,22)(H,23,24)(H2,12,13,14)(H2,18,19,20);3-6,17H,1-2H2,(H,21,22)(H,23,24)(H2,18,19,20)(H4,11,12,14,15). The molecule has 12 heterocycles. The molecule has 0 aromatic carbocycles. The second-order valence-electron chi connectivity index (χ2n) is 24.7. The number of phosphoric ester groups is 4. The highest BCUT2D eigenvalue weighted by molar-refractivity contribution is 7.68. The van der Waals surface area contributed by atoms with E-state index in [1.807, 2.05) is 0 Å². The maximum Gasteiger partial charge on any atom is 0.490 e. The number of nitrogen functional groups attached to an aromatic ring is 4. The van der Waals surface area contributed by atoms with Gasteiger partial charge in [-0.05, 0) is 6.07 Å². The summed E-state index contributed by atoms with van der Waals surface area (Å²) in [5.74, 6) is 0.0430. The molecule has 125 heavy (non-hydrogen) atoms. The maximum absolute atomic E-state index is 14.6. The van der Waals surface area contributed by atoms with Crippen LogP contribution in [0.3, 0.4) is 0 Å². The summed E-state index contributed by atoms with van der Waals surface area (Å²) in [4.78, 5) is 182. The normalized spacial score (nSPS) is 27.7. The van der Waals surface area contributed by atoms with Gasteiger partial charge in [-0.3, -0.25) is 37.2 Å². The summed E-state index contributed by atoms with van der Waals surface area (Å²) in [5, 5.41) is 69.5. The van der Waals surface area contributed by atoms with Crippen molar-refractivity contribution in [3.05, 3.63) is 55.7 Å². The highest BCUT2D eigenvalue weighted by Crippen LogP contribution is 2.70. The Kier molecular flexibility index (Phi) is 32.3. The summed E-state index contributed by atoms with van der Waals surface area (Å²) >= 11 is 0. The van der Waals surface area contributed by atoms with Crippen LogP contribution in [0.25, 0.3) is 44.5 Å². The Labute approximate surface area is 687 Å². The Hall–Kier alpha value is -5.56. The Morgan fingerprint density at radius 2 is 0.768 bits per heavy atom. The van der Waals surface area contributed by atoms with Crippen LogP contribution >= 0.6 is 93.9 Å². The van der Waals surface area contributed by atoms with Crippen LogP contribution in [0.5, 0.6) is 0 Å². The molecule has 702 valence electrons. The second kappa shape index (κ2) is 39.1. The first-order chi connectivity index (χ1) is 57.1.